The highest BCUT2D eigenvalue weighted by Crippen LogP contribution is 2.13. The predicted molar refractivity (Wildman–Crippen MR) is 50.9 cm³/mol. The lowest BCUT2D eigenvalue weighted by molar-refractivity contribution is -0.135. The van der Waals surface area contributed by atoms with Crippen LogP contribution in [-0.4, -0.2) is 31.1 Å². The van der Waals surface area contributed by atoms with Gasteiger partial charge >= 0.3 is 5.97 Å². The van der Waals surface area contributed by atoms with E-state index in [1.807, 2.05) is 4.72 Å². The Balaban J connectivity index is 2.87. The molecule has 1 aromatic carbocycles. The van der Waals surface area contributed by atoms with Crippen LogP contribution in [-0.2, 0) is 14.8 Å². The highest BCUT2D eigenvalue weighted by molar-refractivity contribution is 7.89. The third kappa shape index (κ3) is 3.22. The van der Waals surface area contributed by atoms with Gasteiger partial charge in [0.15, 0.2) is 0 Å². The number of carboxylic acids is 1. The van der Waals surface area contributed by atoms with Gasteiger partial charge in [0, 0.05) is 0 Å². The van der Waals surface area contributed by atoms with Crippen LogP contribution in [0.1, 0.15) is 0 Å². The Morgan fingerprint density at radius 3 is 2.27 bits per heavy atom. The zero-order valence-electron chi connectivity index (χ0n) is 7.54. The van der Waals surface area contributed by atoms with Crippen LogP contribution in [0.2, 0.25) is 0 Å². The summed E-state index contributed by atoms with van der Waals surface area (Å²) in [6.07, 6.45) is 0. The van der Waals surface area contributed by atoms with Crippen LogP contribution in [0.3, 0.4) is 0 Å². The second-order valence-corrected chi connectivity index (χ2v) is 4.48. The number of hydrogen-bond acceptors (Lipinski definition) is 4. The van der Waals surface area contributed by atoms with Gasteiger partial charge in [-0.05, 0) is 24.3 Å². The summed E-state index contributed by atoms with van der Waals surface area (Å²) in [6, 6.07) is 4.77. The zero-order chi connectivity index (χ0) is 11.5. The average Bonchev–Trinajstić information content (AvgIpc) is 2.16. The van der Waals surface area contributed by atoms with E-state index >= 15 is 0 Å². The monoisotopic (exact) mass is 231 g/mol. The molecule has 1 rings (SSSR count). The SMILES string of the molecule is O=C(O)CNS(=O)(=O)c1ccc(O)cc1. The zero-order valence-corrected chi connectivity index (χ0v) is 8.36. The van der Waals surface area contributed by atoms with E-state index in [1.54, 1.807) is 0 Å². The minimum absolute atomic E-state index is 0.0628. The van der Waals surface area contributed by atoms with Crippen molar-refractivity contribution in [1.82, 2.24) is 4.72 Å². The number of phenols is 1. The number of benzene rings is 1. The second kappa shape index (κ2) is 4.28. The molecule has 0 aliphatic rings. The van der Waals surface area contributed by atoms with Gasteiger partial charge in [-0.15, -0.1) is 0 Å². The standard InChI is InChI=1S/C8H9NO5S/c10-6-1-3-7(4-2-6)15(13,14)9-5-8(11)12/h1-4,9-10H,5H2,(H,11,12). The average molecular weight is 231 g/mol. The molecule has 0 aromatic heterocycles. The third-order valence-corrected chi connectivity index (χ3v) is 2.98. The first kappa shape index (κ1) is 11.5. The molecule has 0 aliphatic carbocycles. The Morgan fingerprint density at radius 1 is 1.27 bits per heavy atom. The number of nitrogens with one attached hydrogen (secondary N) is 1. The number of hydrogen-bond donors (Lipinski definition) is 3. The van der Waals surface area contributed by atoms with Gasteiger partial charge in [-0.2, -0.15) is 4.72 Å². The van der Waals surface area contributed by atoms with Gasteiger partial charge in [0.05, 0.1) is 4.90 Å². The number of sulfonamides is 1. The predicted octanol–water partition coefficient (Wildman–Crippen LogP) is -0.245. The molecule has 0 saturated carbocycles. The molecule has 0 heterocycles. The number of aliphatic carboxylic acids is 1. The minimum Gasteiger partial charge on any atom is -0.508 e. The van der Waals surface area contributed by atoms with Gasteiger partial charge in [0.25, 0.3) is 0 Å². The molecule has 15 heavy (non-hydrogen) atoms. The number of carbonyl (C=O) groups is 1. The molecule has 0 saturated heterocycles. The number of carboxylic acid groups (broad SMARTS) is 1. The first-order valence-corrected chi connectivity index (χ1v) is 5.40. The summed E-state index contributed by atoms with van der Waals surface area (Å²) < 4.78 is 24.7. The van der Waals surface area contributed by atoms with Crippen molar-refractivity contribution in [3.63, 3.8) is 0 Å². The number of aromatic hydroxyl groups is 1. The largest absolute Gasteiger partial charge is 0.508 e. The molecule has 6 nitrogen and oxygen atoms in total. The van der Waals surface area contributed by atoms with E-state index in [4.69, 9.17) is 10.2 Å². The summed E-state index contributed by atoms with van der Waals surface area (Å²) in [5.41, 5.74) is 0. The summed E-state index contributed by atoms with van der Waals surface area (Å²) in [6.45, 7) is -0.677. The molecule has 0 unspecified atom stereocenters. The van der Waals surface area contributed by atoms with Gasteiger partial charge in [-0.1, -0.05) is 0 Å². The van der Waals surface area contributed by atoms with E-state index in [0.29, 0.717) is 0 Å². The fraction of sp³-hybridized carbons (Fsp3) is 0.125. The van der Waals surface area contributed by atoms with Crippen molar-refractivity contribution < 1.29 is 23.4 Å². The Hall–Kier alpha value is -1.60. The maximum Gasteiger partial charge on any atom is 0.318 e. The van der Waals surface area contributed by atoms with Crippen molar-refractivity contribution in [1.29, 1.82) is 0 Å². The van der Waals surface area contributed by atoms with E-state index in [9.17, 15) is 13.2 Å². The van der Waals surface area contributed by atoms with Crippen molar-refractivity contribution in [2.75, 3.05) is 6.54 Å². The van der Waals surface area contributed by atoms with Crippen LogP contribution >= 0.6 is 0 Å². The van der Waals surface area contributed by atoms with Gasteiger partial charge < -0.3 is 10.2 Å². The quantitative estimate of drug-likeness (QED) is 0.663. The summed E-state index contributed by atoms with van der Waals surface area (Å²) in [4.78, 5) is 10.1. The Bertz CT molecular complexity index is 450. The van der Waals surface area contributed by atoms with Crippen LogP contribution in [0, 0.1) is 0 Å². The van der Waals surface area contributed by atoms with Crippen molar-refractivity contribution in [3.8, 4) is 5.75 Å². The molecule has 0 bridgehead atoms. The molecule has 1 aromatic rings. The number of phenolic OH excluding ortho intramolecular Hbond substituents is 1. The number of rotatable bonds is 4. The van der Waals surface area contributed by atoms with Crippen LogP contribution in [0.5, 0.6) is 5.75 Å². The molecule has 0 aliphatic heterocycles. The molecule has 3 N–H and O–H groups in total. The van der Waals surface area contributed by atoms with Crippen LogP contribution < -0.4 is 4.72 Å². The Morgan fingerprint density at radius 2 is 1.80 bits per heavy atom. The minimum atomic E-state index is -3.81. The Labute approximate surface area is 86.2 Å². The normalized spacial score (nSPS) is 11.2. The first-order valence-electron chi connectivity index (χ1n) is 3.92. The molecule has 0 radical (unpaired) electrons. The van der Waals surface area contributed by atoms with Gasteiger partial charge in [0.2, 0.25) is 10.0 Å². The third-order valence-electron chi connectivity index (χ3n) is 1.56. The lowest BCUT2D eigenvalue weighted by atomic mass is 10.3. The molecule has 0 atom stereocenters. The maximum atomic E-state index is 11.4. The fourth-order valence-corrected chi connectivity index (χ4v) is 1.84. The van der Waals surface area contributed by atoms with E-state index in [2.05, 4.69) is 0 Å². The lowest BCUT2D eigenvalue weighted by Gasteiger charge is -2.03. The van der Waals surface area contributed by atoms with E-state index in [0.717, 1.165) is 0 Å². The molecular weight excluding hydrogens is 222 g/mol. The van der Waals surface area contributed by atoms with E-state index in [1.165, 1.54) is 24.3 Å². The van der Waals surface area contributed by atoms with Crippen LogP contribution in [0.15, 0.2) is 29.2 Å². The summed E-state index contributed by atoms with van der Waals surface area (Å²) in [7, 11) is -3.81. The van der Waals surface area contributed by atoms with E-state index in [-0.39, 0.29) is 10.6 Å². The molecule has 0 fully saturated rings. The van der Waals surface area contributed by atoms with Crippen molar-refractivity contribution in [2.45, 2.75) is 4.90 Å². The molecule has 0 amide bonds. The summed E-state index contributed by atoms with van der Waals surface area (Å²) >= 11 is 0. The highest BCUT2D eigenvalue weighted by Gasteiger charge is 2.14. The topological polar surface area (TPSA) is 104 Å². The van der Waals surface area contributed by atoms with E-state index < -0.39 is 22.5 Å². The smallest absolute Gasteiger partial charge is 0.318 e. The second-order valence-electron chi connectivity index (χ2n) is 2.71. The van der Waals surface area contributed by atoms with Crippen LogP contribution in [0.4, 0.5) is 0 Å². The summed E-state index contributed by atoms with van der Waals surface area (Å²) in [5, 5.41) is 17.2. The molecule has 82 valence electrons. The Kier molecular flexibility index (Phi) is 3.28. The van der Waals surface area contributed by atoms with Crippen molar-refractivity contribution in [3.05, 3.63) is 24.3 Å². The molecular formula is C8H9NO5S. The first-order chi connectivity index (χ1) is 6.92. The highest BCUT2D eigenvalue weighted by atomic mass is 32.2. The van der Waals surface area contributed by atoms with Crippen molar-refractivity contribution >= 4 is 16.0 Å². The fourth-order valence-electron chi connectivity index (χ4n) is 0.865. The van der Waals surface area contributed by atoms with Gasteiger partial charge in [0.1, 0.15) is 12.3 Å². The molecule has 0 spiro atoms. The van der Waals surface area contributed by atoms with Crippen LogP contribution in [0.25, 0.3) is 0 Å². The summed E-state index contributed by atoms with van der Waals surface area (Å²) in [5.74, 6) is -1.33. The maximum absolute atomic E-state index is 11.4. The van der Waals surface area contributed by atoms with Gasteiger partial charge in [-0.25, -0.2) is 8.42 Å². The van der Waals surface area contributed by atoms with Crippen molar-refractivity contribution in [2.24, 2.45) is 0 Å². The molecule has 7 heteroatoms. The lowest BCUT2D eigenvalue weighted by Crippen LogP contribution is -2.29. The van der Waals surface area contributed by atoms with Gasteiger partial charge in [-0.3, -0.25) is 4.79 Å².